The average molecular weight is 584 g/mol. The quantitative estimate of drug-likeness (QED) is 0.355. The first-order valence-corrected chi connectivity index (χ1v) is 14.8. The van der Waals surface area contributed by atoms with Crippen LogP contribution in [0.1, 0.15) is 27.2 Å². The highest BCUT2D eigenvalue weighted by Crippen LogP contribution is 2.36. The van der Waals surface area contributed by atoms with E-state index in [-0.39, 0.29) is 18.7 Å². The molecule has 0 aromatic heterocycles. The topological polar surface area (TPSA) is 145 Å². The lowest BCUT2D eigenvalue weighted by molar-refractivity contribution is -0.0435. The monoisotopic (exact) mass is 583 g/mol. The van der Waals surface area contributed by atoms with Gasteiger partial charge < -0.3 is 15.4 Å². The molecule has 15 heteroatoms. The molecule has 1 amide bonds. The molecule has 0 bridgehead atoms. The smallest absolute Gasteiger partial charge is 0.444 e. The lowest BCUT2D eigenvalue weighted by Crippen LogP contribution is -2.35. The van der Waals surface area contributed by atoms with Crippen molar-refractivity contribution in [2.24, 2.45) is 5.14 Å². The van der Waals surface area contributed by atoms with E-state index in [1.807, 2.05) is 18.2 Å². The van der Waals surface area contributed by atoms with Crippen molar-refractivity contribution in [3.63, 3.8) is 0 Å². The van der Waals surface area contributed by atoms with Gasteiger partial charge in [-0.1, -0.05) is 18.2 Å². The van der Waals surface area contributed by atoms with Crippen LogP contribution in [-0.2, 0) is 24.6 Å². The average Bonchev–Trinajstić information content (AvgIpc) is 2.75. The van der Waals surface area contributed by atoms with E-state index in [0.29, 0.717) is 6.07 Å². The second-order valence-electron chi connectivity index (χ2n) is 8.83. The molecule has 0 spiro atoms. The van der Waals surface area contributed by atoms with Crippen molar-refractivity contribution in [3.05, 3.63) is 48.5 Å². The zero-order valence-corrected chi connectivity index (χ0v) is 22.7. The number of benzene rings is 2. The standard InChI is InChI=1S/C22H28F3N3O6S3/c1-21(2,3)34-20(29)27-12-11-15(14-35-16-7-5-4-6-8-16)28-18-10-9-17(37(26,32)33)13-19(18)36(30,31)22(23,24)25/h4-10,13,15,28H,11-12,14H2,1-3H3,(H,27,29)(H2,26,32,33)/t15-/m0/s1. The minimum absolute atomic E-state index is 0.0541. The number of sulfone groups is 1. The van der Waals surface area contributed by atoms with Crippen LogP contribution in [0, 0.1) is 0 Å². The number of carbonyl (C=O) groups excluding carboxylic acids is 1. The minimum Gasteiger partial charge on any atom is -0.444 e. The molecular formula is C22H28F3N3O6S3. The van der Waals surface area contributed by atoms with Gasteiger partial charge >= 0.3 is 11.6 Å². The number of nitrogens with two attached hydrogens (primary N) is 1. The summed E-state index contributed by atoms with van der Waals surface area (Å²) in [5.41, 5.74) is -6.88. The summed E-state index contributed by atoms with van der Waals surface area (Å²) in [6.45, 7) is 5.10. The number of primary sulfonamides is 1. The van der Waals surface area contributed by atoms with E-state index in [4.69, 9.17) is 9.88 Å². The molecule has 0 aliphatic rings. The van der Waals surface area contributed by atoms with E-state index >= 15 is 0 Å². The van der Waals surface area contributed by atoms with Gasteiger partial charge in [0.05, 0.1) is 10.6 Å². The van der Waals surface area contributed by atoms with E-state index in [1.54, 1.807) is 32.9 Å². The largest absolute Gasteiger partial charge is 0.501 e. The summed E-state index contributed by atoms with van der Waals surface area (Å²) in [6.07, 6.45) is -0.526. The summed E-state index contributed by atoms with van der Waals surface area (Å²) in [5.74, 6) is 0.266. The molecule has 0 saturated heterocycles. The van der Waals surface area contributed by atoms with Gasteiger partial charge in [0.15, 0.2) is 0 Å². The summed E-state index contributed by atoms with van der Waals surface area (Å²) in [7, 11) is -10.4. The number of thioether (sulfide) groups is 1. The Balaban J connectivity index is 2.36. The Kier molecular flexibility index (Phi) is 9.90. The Labute approximate surface area is 218 Å². The Hall–Kier alpha value is -2.49. The number of alkyl carbamates (subject to hydrolysis) is 1. The van der Waals surface area contributed by atoms with Crippen molar-refractivity contribution in [1.29, 1.82) is 0 Å². The van der Waals surface area contributed by atoms with Gasteiger partial charge in [-0.05, 0) is 57.5 Å². The number of halogens is 3. The van der Waals surface area contributed by atoms with Crippen molar-refractivity contribution in [2.45, 2.75) is 59.0 Å². The fourth-order valence-electron chi connectivity index (χ4n) is 2.94. The van der Waals surface area contributed by atoms with Crippen molar-refractivity contribution in [3.8, 4) is 0 Å². The number of ether oxygens (including phenoxy) is 1. The number of hydrogen-bond donors (Lipinski definition) is 3. The SMILES string of the molecule is CC(C)(C)OC(=O)NCC[C@@H](CSc1ccccc1)Nc1ccc(S(N)(=O)=O)cc1S(=O)(=O)C(F)(F)F. The molecule has 9 nitrogen and oxygen atoms in total. The second kappa shape index (κ2) is 11.9. The Morgan fingerprint density at radius 3 is 2.22 bits per heavy atom. The second-order valence-corrected chi connectivity index (χ2v) is 13.4. The molecule has 0 saturated carbocycles. The maximum atomic E-state index is 13.4. The first-order valence-electron chi connectivity index (χ1n) is 10.8. The van der Waals surface area contributed by atoms with E-state index in [1.165, 1.54) is 11.8 Å². The van der Waals surface area contributed by atoms with Gasteiger partial charge in [-0.2, -0.15) is 13.2 Å². The summed E-state index contributed by atoms with van der Waals surface area (Å²) in [5, 5.41) is 10.3. The number of rotatable bonds is 10. The predicted molar refractivity (Wildman–Crippen MR) is 134 cm³/mol. The molecule has 0 fully saturated rings. The van der Waals surface area contributed by atoms with Crippen molar-refractivity contribution in [1.82, 2.24) is 5.32 Å². The van der Waals surface area contributed by atoms with Gasteiger partial charge in [-0.3, -0.25) is 0 Å². The van der Waals surface area contributed by atoms with Gasteiger partial charge in [-0.15, -0.1) is 11.8 Å². The number of sulfonamides is 1. The highest BCUT2D eigenvalue weighted by atomic mass is 32.2. The van der Waals surface area contributed by atoms with E-state index in [0.717, 1.165) is 17.0 Å². The zero-order chi connectivity index (χ0) is 28.1. The molecule has 4 N–H and O–H groups in total. The van der Waals surface area contributed by atoms with Gasteiger partial charge in [0, 0.05) is 23.2 Å². The Bertz CT molecular complexity index is 1300. The van der Waals surface area contributed by atoms with Crippen LogP contribution in [-0.4, -0.2) is 52.4 Å². The number of anilines is 1. The van der Waals surface area contributed by atoms with Crippen LogP contribution < -0.4 is 15.8 Å². The van der Waals surface area contributed by atoms with E-state index in [2.05, 4.69) is 10.6 Å². The van der Waals surface area contributed by atoms with Crippen LogP contribution >= 0.6 is 11.8 Å². The molecular weight excluding hydrogens is 555 g/mol. The fourth-order valence-corrected chi connectivity index (χ4v) is 5.49. The highest BCUT2D eigenvalue weighted by Gasteiger charge is 2.48. The lowest BCUT2D eigenvalue weighted by Gasteiger charge is -2.23. The van der Waals surface area contributed by atoms with Crippen LogP contribution in [0.3, 0.4) is 0 Å². The third-order valence-corrected chi connectivity index (χ3v) is 8.20. The molecule has 0 aliphatic heterocycles. The van der Waals surface area contributed by atoms with Gasteiger partial charge in [0.1, 0.15) is 10.5 Å². The highest BCUT2D eigenvalue weighted by molar-refractivity contribution is 7.99. The van der Waals surface area contributed by atoms with Crippen molar-refractivity contribution in [2.75, 3.05) is 17.6 Å². The summed E-state index contributed by atoms with van der Waals surface area (Å²) in [6, 6.07) is 10.6. The number of alkyl halides is 3. The molecule has 2 aromatic carbocycles. The zero-order valence-electron chi connectivity index (χ0n) is 20.2. The van der Waals surface area contributed by atoms with Crippen LogP contribution in [0.25, 0.3) is 0 Å². The lowest BCUT2D eigenvalue weighted by atomic mass is 10.2. The van der Waals surface area contributed by atoms with E-state index < -0.39 is 58.6 Å². The van der Waals surface area contributed by atoms with Gasteiger partial charge in [0.25, 0.3) is 9.84 Å². The number of nitrogens with one attached hydrogen (secondary N) is 2. The van der Waals surface area contributed by atoms with Crippen molar-refractivity contribution >= 4 is 43.4 Å². The molecule has 2 aromatic rings. The van der Waals surface area contributed by atoms with E-state index in [9.17, 15) is 34.8 Å². The number of hydrogen-bond acceptors (Lipinski definition) is 8. The van der Waals surface area contributed by atoms with Crippen LogP contribution in [0.5, 0.6) is 0 Å². The Morgan fingerprint density at radius 1 is 1.05 bits per heavy atom. The number of carbonyl (C=O) groups is 1. The van der Waals surface area contributed by atoms with Crippen LogP contribution in [0.4, 0.5) is 23.7 Å². The summed E-state index contributed by atoms with van der Waals surface area (Å²) >= 11 is 1.35. The van der Waals surface area contributed by atoms with Crippen LogP contribution in [0.2, 0.25) is 0 Å². The number of amides is 1. The third kappa shape index (κ3) is 9.39. The van der Waals surface area contributed by atoms with Gasteiger partial charge in [0.2, 0.25) is 10.0 Å². The van der Waals surface area contributed by atoms with Crippen LogP contribution in [0.15, 0.2) is 63.2 Å². The molecule has 206 valence electrons. The summed E-state index contributed by atoms with van der Waals surface area (Å²) < 4.78 is 93.3. The normalized spacial score (nSPS) is 13.6. The maximum Gasteiger partial charge on any atom is 0.501 e. The molecule has 0 aliphatic carbocycles. The minimum atomic E-state index is -5.94. The molecule has 2 rings (SSSR count). The van der Waals surface area contributed by atoms with Crippen molar-refractivity contribution < 1.29 is 39.5 Å². The summed E-state index contributed by atoms with van der Waals surface area (Å²) in [4.78, 5) is 10.8. The first-order chi connectivity index (χ1) is 16.9. The Morgan fingerprint density at radius 2 is 1.68 bits per heavy atom. The molecule has 0 heterocycles. The molecule has 0 radical (unpaired) electrons. The van der Waals surface area contributed by atoms with Gasteiger partial charge in [-0.25, -0.2) is 26.8 Å². The third-order valence-electron chi connectivity index (χ3n) is 4.59. The molecule has 0 unspecified atom stereocenters. The predicted octanol–water partition coefficient (Wildman–Crippen LogP) is 4.12. The maximum absolute atomic E-state index is 13.4. The first kappa shape index (κ1) is 30.7. The molecule has 37 heavy (non-hydrogen) atoms. The fraction of sp³-hybridized carbons (Fsp3) is 0.409. The molecule has 1 atom stereocenters.